The van der Waals surface area contributed by atoms with E-state index in [0.29, 0.717) is 29.2 Å². The van der Waals surface area contributed by atoms with Crippen LogP contribution >= 0.6 is 0 Å². The molecule has 7 nitrogen and oxygen atoms in total. The lowest BCUT2D eigenvalue weighted by molar-refractivity contribution is -0.138. The van der Waals surface area contributed by atoms with Gasteiger partial charge in [-0.2, -0.15) is 4.98 Å². The summed E-state index contributed by atoms with van der Waals surface area (Å²) in [7, 11) is 0. The number of nitrogens with zero attached hydrogens (tertiary/aromatic N) is 3. The number of rotatable bonds is 4. The molecule has 0 bridgehead atoms. The van der Waals surface area contributed by atoms with Crippen molar-refractivity contribution < 1.29 is 14.6 Å². The number of aliphatic carboxylic acids is 1. The highest BCUT2D eigenvalue weighted by atomic mass is 16.5. The van der Waals surface area contributed by atoms with E-state index < -0.39 is 11.6 Å². The molecule has 2 aliphatic rings. The maximum absolute atomic E-state index is 10.9. The molecule has 1 aliphatic carbocycles. The average molecular weight is 455 g/mol. The Morgan fingerprint density at radius 1 is 1.06 bits per heavy atom. The Balaban J connectivity index is 0.000000914. The van der Waals surface area contributed by atoms with Gasteiger partial charge in [0.05, 0.1) is 5.71 Å². The first-order valence-corrected chi connectivity index (χ1v) is 12.0. The van der Waals surface area contributed by atoms with E-state index in [1.165, 1.54) is 11.9 Å². The lowest BCUT2D eigenvalue weighted by Crippen LogP contribution is -2.41. The van der Waals surface area contributed by atoms with Gasteiger partial charge >= 0.3 is 5.97 Å². The van der Waals surface area contributed by atoms with Crippen molar-refractivity contribution in [3.8, 4) is 5.88 Å². The van der Waals surface area contributed by atoms with Crippen LogP contribution in [0.3, 0.4) is 0 Å². The molecule has 0 saturated heterocycles. The molecule has 0 amide bonds. The summed E-state index contributed by atoms with van der Waals surface area (Å²) >= 11 is 0. The molecule has 1 fully saturated rings. The van der Waals surface area contributed by atoms with Crippen LogP contribution in [0.1, 0.15) is 90.7 Å². The van der Waals surface area contributed by atoms with Gasteiger partial charge in [0.15, 0.2) is 11.5 Å². The zero-order chi connectivity index (χ0) is 24.6. The molecule has 0 atom stereocenters. The molecule has 3 N–H and O–H groups in total. The van der Waals surface area contributed by atoms with Crippen LogP contribution in [-0.4, -0.2) is 32.4 Å². The van der Waals surface area contributed by atoms with Gasteiger partial charge in [-0.3, -0.25) is 4.79 Å². The van der Waals surface area contributed by atoms with E-state index in [1.54, 1.807) is 0 Å². The number of aliphatic imine (C=N–C) groups is 1. The van der Waals surface area contributed by atoms with E-state index >= 15 is 0 Å². The first-order chi connectivity index (χ1) is 15.8. The van der Waals surface area contributed by atoms with Crippen LogP contribution in [0.25, 0.3) is 0 Å². The highest BCUT2D eigenvalue weighted by Gasteiger charge is 2.35. The van der Waals surface area contributed by atoms with Gasteiger partial charge < -0.3 is 15.6 Å². The maximum Gasteiger partial charge on any atom is 0.303 e. The van der Waals surface area contributed by atoms with Gasteiger partial charge in [-0.05, 0) is 56.9 Å². The van der Waals surface area contributed by atoms with Crippen molar-refractivity contribution in [1.82, 2.24) is 9.97 Å². The van der Waals surface area contributed by atoms with Crippen molar-refractivity contribution >= 4 is 23.2 Å². The Bertz CT molecular complexity index is 947. The molecular weight excluding hydrogens is 416 g/mol. The Kier molecular flexibility index (Phi) is 9.38. The molecule has 0 radical (unpaired) electrons. The molecule has 0 unspecified atom stereocenters. The minimum Gasteiger partial charge on any atom is -0.481 e. The second-order valence-corrected chi connectivity index (χ2v) is 8.42. The highest BCUT2D eigenvalue weighted by molar-refractivity contribution is 6.09. The Morgan fingerprint density at radius 2 is 1.67 bits per heavy atom. The standard InChI is InChI=1S/C22H26N4O3.2C2H6/c1-22(2)19(26-18-20(23)24-12-25-21(18)29-22)16-9-7-15(8-10-16)14-5-3-13(4-6-14)11-17(27)28;2*1-2/h7-10,12-14H,3-6,11H2,1-2H3,(H,27,28)(H2,23,24,25);2*1-2H3. The molecule has 0 spiro atoms. The number of carbonyl (C=O) groups is 1. The lowest BCUT2D eigenvalue weighted by atomic mass is 9.77. The van der Waals surface area contributed by atoms with E-state index in [9.17, 15) is 4.79 Å². The predicted molar refractivity (Wildman–Crippen MR) is 133 cm³/mol. The number of carboxylic acids is 1. The first kappa shape index (κ1) is 26.3. The highest BCUT2D eigenvalue weighted by Crippen LogP contribution is 2.40. The molecule has 1 aromatic carbocycles. The molecule has 1 saturated carbocycles. The van der Waals surface area contributed by atoms with Crippen LogP contribution in [0.5, 0.6) is 5.88 Å². The Morgan fingerprint density at radius 3 is 2.24 bits per heavy atom. The third kappa shape index (κ3) is 6.30. The number of hydrogen-bond acceptors (Lipinski definition) is 6. The molecule has 2 aromatic rings. The van der Waals surface area contributed by atoms with Gasteiger partial charge in [-0.15, -0.1) is 0 Å². The summed E-state index contributed by atoms with van der Waals surface area (Å²) in [6, 6.07) is 8.45. The van der Waals surface area contributed by atoms with Gasteiger partial charge in [0.1, 0.15) is 11.9 Å². The van der Waals surface area contributed by atoms with E-state index in [0.717, 1.165) is 37.0 Å². The van der Waals surface area contributed by atoms with Gasteiger partial charge in [0.2, 0.25) is 5.88 Å². The smallest absolute Gasteiger partial charge is 0.303 e. The third-order valence-corrected chi connectivity index (χ3v) is 5.93. The van der Waals surface area contributed by atoms with E-state index in [-0.39, 0.29) is 6.42 Å². The summed E-state index contributed by atoms with van der Waals surface area (Å²) in [6.07, 6.45) is 5.69. The minimum atomic E-state index is -0.691. The molecule has 4 rings (SSSR count). The number of fused-ring (bicyclic) bond motifs is 1. The van der Waals surface area contributed by atoms with E-state index in [2.05, 4.69) is 34.2 Å². The minimum absolute atomic E-state index is 0.287. The van der Waals surface area contributed by atoms with Crippen molar-refractivity contribution in [3.05, 3.63) is 41.7 Å². The summed E-state index contributed by atoms with van der Waals surface area (Å²) < 4.78 is 6.05. The Labute approximate surface area is 197 Å². The van der Waals surface area contributed by atoms with Crippen molar-refractivity contribution in [2.45, 2.75) is 85.2 Å². The van der Waals surface area contributed by atoms with Crippen molar-refractivity contribution in [2.24, 2.45) is 10.9 Å². The quantitative estimate of drug-likeness (QED) is 0.573. The zero-order valence-electron chi connectivity index (χ0n) is 20.8. The van der Waals surface area contributed by atoms with Crippen LogP contribution in [-0.2, 0) is 4.79 Å². The van der Waals surface area contributed by atoms with Crippen molar-refractivity contribution in [2.75, 3.05) is 5.73 Å². The monoisotopic (exact) mass is 454 g/mol. The predicted octanol–water partition coefficient (Wildman–Crippen LogP) is 6.15. The first-order valence-electron chi connectivity index (χ1n) is 12.0. The molecule has 7 heteroatoms. The number of anilines is 1. The summed E-state index contributed by atoms with van der Waals surface area (Å²) in [6.45, 7) is 11.9. The van der Waals surface area contributed by atoms with Crippen LogP contribution in [0.4, 0.5) is 11.5 Å². The molecule has 2 heterocycles. The average Bonchev–Trinajstić information content (AvgIpc) is 2.81. The number of ether oxygens (including phenoxy) is 1. The summed E-state index contributed by atoms with van der Waals surface area (Å²) in [5, 5.41) is 8.99. The van der Waals surface area contributed by atoms with Crippen LogP contribution < -0.4 is 10.5 Å². The van der Waals surface area contributed by atoms with Crippen LogP contribution in [0.2, 0.25) is 0 Å². The fraction of sp³-hybridized carbons (Fsp3) is 0.538. The van der Waals surface area contributed by atoms with Crippen LogP contribution in [0, 0.1) is 5.92 Å². The molecule has 1 aromatic heterocycles. The van der Waals surface area contributed by atoms with Gasteiger partial charge in [-0.1, -0.05) is 52.0 Å². The molecule has 33 heavy (non-hydrogen) atoms. The third-order valence-electron chi connectivity index (χ3n) is 5.93. The fourth-order valence-corrected chi connectivity index (χ4v) is 4.36. The second kappa shape index (κ2) is 11.8. The summed E-state index contributed by atoms with van der Waals surface area (Å²) in [5.41, 5.74) is 8.86. The SMILES string of the molecule is CC.CC.CC1(C)Oc2ncnc(N)c2N=C1c1ccc(C2CCC(CC(=O)O)CC2)cc1. The van der Waals surface area contributed by atoms with Crippen LogP contribution in [0.15, 0.2) is 35.6 Å². The number of nitrogen functional groups attached to an aromatic ring is 1. The van der Waals surface area contributed by atoms with E-state index in [4.69, 9.17) is 20.6 Å². The van der Waals surface area contributed by atoms with Gasteiger partial charge in [-0.25, -0.2) is 9.98 Å². The second-order valence-electron chi connectivity index (χ2n) is 8.42. The number of benzene rings is 1. The lowest BCUT2D eigenvalue weighted by Gasteiger charge is -2.32. The summed E-state index contributed by atoms with van der Waals surface area (Å²) in [4.78, 5) is 23.8. The summed E-state index contributed by atoms with van der Waals surface area (Å²) in [5.74, 6) is 0.809. The topological polar surface area (TPSA) is 111 Å². The largest absolute Gasteiger partial charge is 0.481 e. The van der Waals surface area contributed by atoms with Crippen molar-refractivity contribution in [1.29, 1.82) is 0 Å². The van der Waals surface area contributed by atoms with Gasteiger partial charge in [0, 0.05) is 12.0 Å². The zero-order valence-corrected chi connectivity index (χ0v) is 20.8. The molecule has 1 aliphatic heterocycles. The molecule has 180 valence electrons. The number of aromatic nitrogens is 2. The Hall–Kier alpha value is -2.96. The fourth-order valence-electron chi connectivity index (χ4n) is 4.36. The van der Waals surface area contributed by atoms with Gasteiger partial charge in [0.25, 0.3) is 0 Å². The number of nitrogens with two attached hydrogens (primary N) is 1. The normalized spacial score (nSPS) is 20.5. The maximum atomic E-state index is 10.9. The van der Waals surface area contributed by atoms with E-state index in [1.807, 2.05) is 41.5 Å². The number of hydrogen-bond donors (Lipinski definition) is 2. The van der Waals surface area contributed by atoms with Crippen molar-refractivity contribution in [3.63, 3.8) is 0 Å². The molecular formula is C26H38N4O3. The number of carboxylic acid groups (broad SMARTS) is 1.